The highest BCUT2D eigenvalue weighted by Gasteiger charge is 2.31. The molecule has 0 amide bonds. The fourth-order valence-corrected chi connectivity index (χ4v) is 3.75. The molecule has 1 atom stereocenters. The second kappa shape index (κ2) is 5.00. The van der Waals surface area contributed by atoms with Gasteiger partial charge in [0.15, 0.2) is 0 Å². The van der Waals surface area contributed by atoms with E-state index in [0.717, 1.165) is 32.3 Å². The van der Waals surface area contributed by atoms with Crippen LogP contribution < -0.4 is 0 Å². The van der Waals surface area contributed by atoms with Gasteiger partial charge in [0.25, 0.3) is 10.2 Å². The number of ether oxygens (including phenoxy) is 1. The number of hydrogen-bond acceptors (Lipinski definition) is 3. The molecule has 0 saturated carbocycles. The maximum absolute atomic E-state index is 12.1. The molecule has 94 valence electrons. The smallest absolute Gasteiger partial charge is 0.281 e. The van der Waals surface area contributed by atoms with Crippen LogP contribution in [-0.2, 0) is 14.9 Å². The van der Waals surface area contributed by atoms with Crippen molar-refractivity contribution >= 4 is 10.2 Å². The molecule has 6 heteroatoms. The number of likely N-dealkylation sites (N-methyl/N-ethyl adjacent to an activating group) is 1. The number of nitrogens with zero attached hydrogens (tertiary/aromatic N) is 2. The minimum absolute atomic E-state index is 0.0855. The van der Waals surface area contributed by atoms with Crippen molar-refractivity contribution in [3.63, 3.8) is 0 Å². The van der Waals surface area contributed by atoms with Gasteiger partial charge in [-0.05, 0) is 25.7 Å². The first-order valence-electron chi connectivity index (χ1n) is 5.94. The zero-order chi connectivity index (χ0) is 11.6. The third-order valence-corrected chi connectivity index (χ3v) is 5.22. The monoisotopic (exact) mass is 248 g/mol. The molecule has 2 aliphatic rings. The second-order valence-corrected chi connectivity index (χ2v) is 6.56. The molecule has 0 spiro atoms. The average Bonchev–Trinajstić information content (AvgIpc) is 2.89. The Morgan fingerprint density at radius 2 is 2.00 bits per heavy atom. The van der Waals surface area contributed by atoms with Crippen molar-refractivity contribution in [3.8, 4) is 0 Å². The highest BCUT2D eigenvalue weighted by Crippen LogP contribution is 2.18. The Morgan fingerprint density at radius 1 is 1.31 bits per heavy atom. The van der Waals surface area contributed by atoms with Gasteiger partial charge in [0, 0.05) is 33.3 Å². The van der Waals surface area contributed by atoms with E-state index < -0.39 is 10.2 Å². The summed E-state index contributed by atoms with van der Waals surface area (Å²) in [5.41, 5.74) is 0. The maximum Gasteiger partial charge on any atom is 0.281 e. The first-order valence-corrected chi connectivity index (χ1v) is 7.33. The number of hydrogen-bond donors (Lipinski definition) is 0. The van der Waals surface area contributed by atoms with Crippen molar-refractivity contribution in [1.29, 1.82) is 0 Å². The van der Waals surface area contributed by atoms with Gasteiger partial charge in [0.1, 0.15) is 0 Å². The maximum atomic E-state index is 12.1. The van der Waals surface area contributed by atoms with Crippen molar-refractivity contribution in [2.75, 3.05) is 33.3 Å². The highest BCUT2D eigenvalue weighted by molar-refractivity contribution is 7.86. The van der Waals surface area contributed by atoms with Crippen LogP contribution in [-0.4, -0.2) is 56.4 Å². The summed E-state index contributed by atoms with van der Waals surface area (Å²) in [6, 6.07) is 0. The summed E-state index contributed by atoms with van der Waals surface area (Å²) in [7, 11) is -1.59. The summed E-state index contributed by atoms with van der Waals surface area (Å²) < 4.78 is 32.7. The third-order valence-electron chi connectivity index (χ3n) is 3.27. The first kappa shape index (κ1) is 12.3. The van der Waals surface area contributed by atoms with E-state index in [9.17, 15) is 8.42 Å². The minimum atomic E-state index is -3.24. The van der Waals surface area contributed by atoms with Crippen LogP contribution in [0.2, 0.25) is 0 Å². The van der Waals surface area contributed by atoms with E-state index in [4.69, 9.17) is 4.74 Å². The lowest BCUT2D eigenvalue weighted by molar-refractivity contribution is 0.0967. The summed E-state index contributed by atoms with van der Waals surface area (Å²) >= 11 is 0. The zero-order valence-corrected chi connectivity index (χ0v) is 10.6. The summed E-state index contributed by atoms with van der Waals surface area (Å²) in [4.78, 5) is 0. The molecule has 2 saturated heterocycles. The van der Waals surface area contributed by atoms with Crippen LogP contribution in [0.5, 0.6) is 0 Å². The Labute approximate surface area is 97.5 Å². The molecule has 0 aromatic heterocycles. The van der Waals surface area contributed by atoms with Gasteiger partial charge in [-0.15, -0.1) is 0 Å². The van der Waals surface area contributed by atoms with Crippen LogP contribution in [0.4, 0.5) is 0 Å². The third kappa shape index (κ3) is 2.56. The van der Waals surface area contributed by atoms with E-state index in [-0.39, 0.29) is 6.10 Å². The van der Waals surface area contributed by atoms with Gasteiger partial charge in [-0.2, -0.15) is 17.0 Å². The summed E-state index contributed by atoms with van der Waals surface area (Å²) in [6.45, 7) is 2.58. The van der Waals surface area contributed by atoms with Crippen molar-refractivity contribution in [2.45, 2.75) is 31.8 Å². The SMILES string of the molecule is CN(CC1CCCO1)S(=O)(=O)N1CCCC1. The molecular weight excluding hydrogens is 228 g/mol. The van der Waals surface area contributed by atoms with Gasteiger partial charge in [-0.1, -0.05) is 0 Å². The van der Waals surface area contributed by atoms with Crippen LogP contribution in [0.1, 0.15) is 25.7 Å². The molecule has 0 aromatic carbocycles. The first-order chi connectivity index (χ1) is 7.60. The van der Waals surface area contributed by atoms with Crippen LogP contribution >= 0.6 is 0 Å². The Balaban J connectivity index is 1.93. The molecule has 0 aliphatic carbocycles. The Bertz CT molecular complexity index is 319. The molecule has 2 aliphatic heterocycles. The average molecular weight is 248 g/mol. The van der Waals surface area contributed by atoms with Crippen molar-refractivity contribution < 1.29 is 13.2 Å². The topological polar surface area (TPSA) is 49.9 Å². The summed E-state index contributed by atoms with van der Waals surface area (Å²) in [6.07, 6.45) is 4.06. The molecule has 0 aromatic rings. The van der Waals surface area contributed by atoms with E-state index in [0.29, 0.717) is 19.6 Å². The zero-order valence-electron chi connectivity index (χ0n) is 9.76. The fourth-order valence-electron chi connectivity index (χ4n) is 2.29. The fraction of sp³-hybridized carbons (Fsp3) is 1.00. The predicted octanol–water partition coefficient (Wildman–Crippen LogP) is 0.438. The van der Waals surface area contributed by atoms with Gasteiger partial charge in [-0.3, -0.25) is 0 Å². The van der Waals surface area contributed by atoms with E-state index in [2.05, 4.69) is 0 Å². The van der Waals surface area contributed by atoms with Crippen LogP contribution in [0, 0.1) is 0 Å². The minimum Gasteiger partial charge on any atom is -0.377 e. The lowest BCUT2D eigenvalue weighted by atomic mass is 10.2. The van der Waals surface area contributed by atoms with E-state index >= 15 is 0 Å². The van der Waals surface area contributed by atoms with Crippen LogP contribution in [0.15, 0.2) is 0 Å². The highest BCUT2D eigenvalue weighted by atomic mass is 32.2. The van der Waals surface area contributed by atoms with Gasteiger partial charge in [0.2, 0.25) is 0 Å². The Hall–Kier alpha value is -0.170. The number of rotatable bonds is 4. The van der Waals surface area contributed by atoms with Crippen LogP contribution in [0.3, 0.4) is 0 Å². The van der Waals surface area contributed by atoms with Gasteiger partial charge in [0.05, 0.1) is 6.10 Å². The molecule has 0 N–H and O–H groups in total. The van der Waals surface area contributed by atoms with E-state index in [1.165, 1.54) is 4.31 Å². The van der Waals surface area contributed by atoms with E-state index in [1.54, 1.807) is 11.4 Å². The summed E-state index contributed by atoms with van der Waals surface area (Å²) in [5, 5.41) is 0. The molecule has 0 radical (unpaired) electrons. The quantitative estimate of drug-likeness (QED) is 0.725. The predicted molar refractivity (Wildman–Crippen MR) is 61.3 cm³/mol. The van der Waals surface area contributed by atoms with Gasteiger partial charge in [-0.25, -0.2) is 0 Å². The van der Waals surface area contributed by atoms with E-state index in [1.807, 2.05) is 0 Å². The molecule has 16 heavy (non-hydrogen) atoms. The Morgan fingerprint density at radius 3 is 2.56 bits per heavy atom. The lowest BCUT2D eigenvalue weighted by Crippen LogP contribution is -2.43. The molecule has 1 unspecified atom stereocenters. The van der Waals surface area contributed by atoms with Gasteiger partial charge < -0.3 is 4.74 Å². The van der Waals surface area contributed by atoms with Crippen molar-refractivity contribution in [3.05, 3.63) is 0 Å². The molecule has 0 bridgehead atoms. The Kier molecular flexibility index (Phi) is 3.84. The van der Waals surface area contributed by atoms with Gasteiger partial charge >= 0.3 is 0 Å². The molecule has 2 fully saturated rings. The van der Waals surface area contributed by atoms with Crippen molar-refractivity contribution in [2.24, 2.45) is 0 Å². The normalized spacial score (nSPS) is 28.0. The lowest BCUT2D eigenvalue weighted by Gasteiger charge is -2.25. The molecular formula is C10H20N2O3S. The van der Waals surface area contributed by atoms with Crippen LogP contribution in [0.25, 0.3) is 0 Å². The van der Waals surface area contributed by atoms with Crippen molar-refractivity contribution in [1.82, 2.24) is 8.61 Å². The molecule has 2 rings (SSSR count). The largest absolute Gasteiger partial charge is 0.377 e. The molecule has 5 nitrogen and oxygen atoms in total. The summed E-state index contributed by atoms with van der Waals surface area (Å²) in [5.74, 6) is 0. The standard InChI is InChI=1S/C10H20N2O3S/c1-11(9-10-5-4-8-15-10)16(13,14)12-6-2-3-7-12/h10H,2-9H2,1H3. The second-order valence-electron chi connectivity index (χ2n) is 4.53. The molecule has 2 heterocycles.